The first-order valence-corrected chi connectivity index (χ1v) is 9.21. The fraction of sp³-hybridized carbons (Fsp3) is 0.684. The summed E-state index contributed by atoms with van der Waals surface area (Å²) in [4.78, 5) is 26.9. The summed E-state index contributed by atoms with van der Waals surface area (Å²) in [6.45, 7) is 5.25. The maximum absolute atomic E-state index is 12.8. The molecule has 1 aromatic rings. The van der Waals surface area contributed by atoms with E-state index in [1.165, 1.54) is 0 Å². The van der Waals surface area contributed by atoms with Crippen LogP contribution in [0.2, 0.25) is 0 Å². The summed E-state index contributed by atoms with van der Waals surface area (Å²) in [7, 11) is 0. The minimum Gasteiger partial charge on any atom is -0.378 e. The smallest absolute Gasteiger partial charge is 0.250 e. The van der Waals surface area contributed by atoms with Crippen molar-refractivity contribution < 1.29 is 9.53 Å². The highest BCUT2D eigenvalue weighted by Gasteiger charge is 2.37. The number of fused-ring (bicyclic) bond motifs is 4. The Morgan fingerprint density at radius 3 is 3.00 bits per heavy atom. The fourth-order valence-corrected chi connectivity index (χ4v) is 4.69. The minimum atomic E-state index is 0.0916. The Morgan fingerprint density at radius 1 is 1.33 bits per heavy atom. The molecule has 24 heavy (non-hydrogen) atoms. The number of amides is 1. The molecule has 0 aromatic carbocycles. The molecule has 130 valence electrons. The predicted molar refractivity (Wildman–Crippen MR) is 90.9 cm³/mol. The maximum atomic E-state index is 12.8. The third-order valence-corrected chi connectivity index (χ3v) is 5.93. The molecule has 4 heterocycles. The molecule has 4 atom stereocenters. The van der Waals surface area contributed by atoms with E-state index in [9.17, 15) is 9.59 Å². The Balaban J connectivity index is 1.45. The van der Waals surface area contributed by atoms with Gasteiger partial charge in [-0.2, -0.15) is 0 Å². The van der Waals surface area contributed by atoms with Crippen LogP contribution in [0.3, 0.4) is 0 Å². The molecule has 0 aliphatic carbocycles. The SMILES string of the molecule is C[C@@H](CC(=O)N1C[C@@H]2C[C@H](C1)c1cccc(=O)n1C2)[C@@H]1CCCO1. The minimum absolute atomic E-state index is 0.0916. The summed E-state index contributed by atoms with van der Waals surface area (Å²) in [5, 5.41) is 0. The topological polar surface area (TPSA) is 51.5 Å². The van der Waals surface area contributed by atoms with Crippen LogP contribution in [-0.2, 0) is 16.1 Å². The monoisotopic (exact) mass is 330 g/mol. The number of rotatable bonds is 3. The van der Waals surface area contributed by atoms with Crippen molar-refractivity contribution in [2.75, 3.05) is 19.7 Å². The number of nitrogens with zero attached hydrogens (tertiary/aromatic N) is 2. The van der Waals surface area contributed by atoms with Crippen LogP contribution in [0.5, 0.6) is 0 Å². The lowest BCUT2D eigenvalue weighted by molar-refractivity contribution is -0.135. The van der Waals surface area contributed by atoms with Crippen molar-refractivity contribution in [1.82, 2.24) is 9.47 Å². The van der Waals surface area contributed by atoms with Gasteiger partial charge in [0, 0.05) is 50.3 Å². The Kier molecular flexibility index (Phi) is 4.21. The second-order valence-electron chi connectivity index (χ2n) is 7.73. The number of pyridine rings is 1. The summed E-state index contributed by atoms with van der Waals surface area (Å²) < 4.78 is 7.64. The number of likely N-dealkylation sites (tertiary alicyclic amines) is 1. The van der Waals surface area contributed by atoms with Crippen LogP contribution in [0.4, 0.5) is 0 Å². The molecular weight excluding hydrogens is 304 g/mol. The van der Waals surface area contributed by atoms with Crippen LogP contribution in [-0.4, -0.2) is 41.2 Å². The van der Waals surface area contributed by atoms with Gasteiger partial charge in [-0.1, -0.05) is 13.0 Å². The van der Waals surface area contributed by atoms with Crippen LogP contribution in [0.25, 0.3) is 0 Å². The zero-order valence-electron chi connectivity index (χ0n) is 14.3. The first-order chi connectivity index (χ1) is 11.6. The largest absolute Gasteiger partial charge is 0.378 e. The fourth-order valence-electron chi connectivity index (χ4n) is 4.69. The van der Waals surface area contributed by atoms with Crippen LogP contribution in [0.1, 0.15) is 44.2 Å². The Bertz CT molecular complexity index is 677. The van der Waals surface area contributed by atoms with Gasteiger partial charge in [0.05, 0.1) is 6.10 Å². The number of aromatic nitrogens is 1. The third kappa shape index (κ3) is 2.90. The lowest BCUT2D eigenvalue weighted by Gasteiger charge is -2.43. The molecule has 2 fully saturated rings. The van der Waals surface area contributed by atoms with Gasteiger partial charge in [-0.25, -0.2) is 0 Å². The van der Waals surface area contributed by atoms with Crippen molar-refractivity contribution in [2.45, 2.75) is 51.2 Å². The Labute approximate surface area is 142 Å². The van der Waals surface area contributed by atoms with Crippen molar-refractivity contribution >= 4 is 5.91 Å². The third-order valence-electron chi connectivity index (χ3n) is 5.93. The molecule has 0 radical (unpaired) electrons. The summed E-state index contributed by atoms with van der Waals surface area (Å²) >= 11 is 0. The number of carbonyl (C=O) groups is 1. The highest BCUT2D eigenvalue weighted by atomic mass is 16.5. The molecule has 0 saturated carbocycles. The van der Waals surface area contributed by atoms with E-state index in [4.69, 9.17) is 4.74 Å². The molecular formula is C19H26N2O3. The summed E-state index contributed by atoms with van der Waals surface area (Å²) in [5.74, 6) is 1.24. The van der Waals surface area contributed by atoms with E-state index in [1.54, 1.807) is 6.07 Å². The summed E-state index contributed by atoms with van der Waals surface area (Å²) in [6.07, 6.45) is 4.11. The molecule has 3 aliphatic heterocycles. The normalized spacial score (nSPS) is 30.0. The van der Waals surface area contributed by atoms with Gasteiger partial charge >= 0.3 is 0 Å². The van der Waals surface area contributed by atoms with Crippen molar-refractivity contribution in [3.63, 3.8) is 0 Å². The van der Waals surface area contributed by atoms with Gasteiger partial charge in [0.25, 0.3) is 5.56 Å². The summed E-state index contributed by atoms with van der Waals surface area (Å²) in [5.41, 5.74) is 1.19. The number of hydrogen-bond acceptors (Lipinski definition) is 3. The van der Waals surface area contributed by atoms with Gasteiger partial charge in [0.2, 0.25) is 5.91 Å². The molecule has 5 heteroatoms. The average Bonchev–Trinajstić information content (AvgIpc) is 3.10. The number of piperidine rings is 1. The molecule has 4 rings (SSSR count). The Hall–Kier alpha value is -1.62. The standard InChI is InChI=1S/C19H26N2O3/c1-13(17-5-3-7-24-17)8-19(23)20-10-14-9-15(12-20)16-4-2-6-18(22)21(16)11-14/h2,4,6,13-15,17H,3,5,7-12H2,1H3/t13-,14-,15+,17-/m0/s1. The van der Waals surface area contributed by atoms with Crippen LogP contribution in [0, 0.1) is 11.8 Å². The van der Waals surface area contributed by atoms with E-state index in [0.29, 0.717) is 18.3 Å². The van der Waals surface area contributed by atoms with Gasteiger partial charge in [-0.05, 0) is 37.2 Å². The highest BCUT2D eigenvalue weighted by Crippen LogP contribution is 2.35. The Morgan fingerprint density at radius 2 is 2.21 bits per heavy atom. The zero-order chi connectivity index (χ0) is 16.7. The highest BCUT2D eigenvalue weighted by molar-refractivity contribution is 5.76. The van der Waals surface area contributed by atoms with Gasteiger partial charge in [-0.15, -0.1) is 0 Å². The van der Waals surface area contributed by atoms with Gasteiger partial charge in [-0.3, -0.25) is 9.59 Å². The molecule has 1 aromatic heterocycles. The van der Waals surface area contributed by atoms with E-state index in [-0.39, 0.29) is 23.5 Å². The molecule has 5 nitrogen and oxygen atoms in total. The van der Waals surface area contributed by atoms with Crippen molar-refractivity contribution in [2.24, 2.45) is 11.8 Å². The zero-order valence-corrected chi connectivity index (χ0v) is 14.3. The second-order valence-corrected chi connectivity index (χ2v) is 7.73. The molecule has 2 saturated heterocycles. The first-order valence-electron chi connectivity index (χ1n) is 9.21. The van der Waals surface area contributed by atoms with E-state index in [2.05, 4.69) is 6.92 Å². The van der Waals surface area contributed by atoms with Crippen molar-refractivity contribution in [3.05, 3.63) is 34.2 Å². The average molecular weight is 330 g/mol. The van der Waals surface area contributed by atoms with E-state index >= 15 is 0 Å². The van der Waals surface area contributed by atoms with Gasteiger partial charge < -0.3 is 14.2 Å². The number of ether oxygens (including phenoxy) is 1. The molecule has 0 spiro atoms. The molecule has 2 bridgehead atoms. The lowest BCUT2D eigenvalue weighted by atomic mass is 9.82. The number of hydrogen-bond donors (Lipinski definition) is 0. The van der Waals surface area contributed by atoms with E-state index in [1.807, 2.05) is 21.6 Å². The molecule has 0 unspecified atom stereocenters. The first kappa shape index (κ1) is 15.9. The van der Waals surface area contributed by atoms with Crippen molar-refractivity contribution in [1.29, 1.82) is 0 Å². The summed E-state index contributed by atoms with van der Waals surface area (Å²) in [6, 6.07) is 5.52. The van der Waals surface area contributed by atoms with Crippen LogP contribution >= 0.6 is 0 Å². The second kappa shape index (κ2) is 6.36. The van der Waals surface area contributed by atoms with E-state index < -0.39 is 0 Å². The molecule has 0 N–H and O–H groups in total. The van der Waals surface area contributed by atoms with E-state index in [0.717, 1.165) is 51.2 Å². The lowest BCUT2D eigenvalue weighted by Crippen LogP contribution is -2.49. The van der Waals surface area contributed by atoms with Crippen LogP contribution < -0.4 is 5.56 Å². The molecule has 3 aliphatic rings. The quantitative estimate of drug-likeness (QED) is 0.852. The van der Waals surface area contributed by atoms with Gasteiger partial charge in [0.15, 0.2) is 0 Å². The van der Waals surface area contributed by atoms with Crippen LogP contribution in [0.15, 0.2) is 23.0 Å². The number of carbonyl (C=O) groups excluding carboxylic acids is 1. The van der Waals surface area contributed by atoms with Crippen molar-refractivity contribution in [3.8, 4) is 0 Å². The molecule has 1 amide bonds. The van der Waals surface area contributed by atoms with Gasteiger partial charge in [0.1, 0.15) is 0 Å². The predicted octanol–water partition coefficient (Wildman–Crippen LogP) is 2.00. The maximum Gasteiger partial charge on any atom is 0.250 e.